The van der Waals surface area contributed by atoms with Gasteiger partial charge in [0.15, 0.2) is 5.69 Å². The topological polar surface area (TPSA) is 66.0 Å². The van der Waals surface area contributed by atoms with Crippen LogP contribution in [0.1, 0.15) is 16.1 Å². The number of pyridine rings is 1. The van der Waals surface area contributed by atoms with E-state index in [-0.39, 0.29) is 5.69 Å². The molecule has 0 aliphatic carbocycles. The van der Waals surface area contributed by atoms with E-state index in [0.717, 1.165) is 26.7 Å². The van der Waals surface area contributed by atoms with Crippen LogP contribution in [0.5, 0.6) is 0 Å². The van der Waals surface area contributed by atoms with Crippen LogP contribution < -0.4 is 0 Å². The van der Waals surface area contributed by atoms with Gasteiger partial charge in [-0.15, -0.1) is 11.8 Å². The number of fused-ring (bicyclic) bond motifs is 3. The smallest absolute Gasteiger partial charge is 0.354 e. The highest BCUT2D eigenvalue weighted by Crippen LogP contribution is 2.31. The predicted octanol–water partition coefficient (Wildman–Crippen LogP) is 3.44. The summed E-state index contributed by atoms with van der Waals surface area (Å²) in [5, 5.41) is 11.1. The molecule has 4 nitrogen and oxygen atoms in total. The monoisotopic (exact) mass is 272 g/mol. The second-order valence-corrected chi connectivity index (χ2v) is 5.24. The molecule has 0 bridgehead atoms. The first-order chi connectivity index (χ1) is 9.11. The zero-order valence-electron chi connectivity index (χ0n) is 10.5. The fraction of sp³-hybridized carbons (Fsp3) is 0.143. The van der Waals surface area contributed by atoms with Crippen molar-refractivity contribution in [3.8, 4) is 0 Å². The van der Waals surface area contributed by atoms with Crippen LogP contribution in [-0.2, 0) is 0 Å². The van der Waals surface area contributed by atoms with Crippen molar-refractivity contribution in [1.29, 1.82) is 0 Å². The molecule has 2 aromatic heterocycles. The normalized spacial score (nSPS) is 11.3. The maximum absolute atomic E-state index is 11.2. The summed E-state index contributed by atoms with van der Waals surface area (Å²) in [6.45, 7) is 1.80. The molecule has 0 spiro atoms. The van der Waals surface area contributed by atoms with Crippen molar-refractivity contribution >= 4 is 39.5 Å². The molecule has 0 amide bonds. The van der Waals surface area contributed by atoms with Gasteiger partial charge >= 0.3 is 5.97 Å². The van der Waals surface area contributed by atoms with Crippen LogP contribution >= 0.6 is 11.8 Å². The molecule has 3 aromatic rings. The number of aromatic carboxylic acids is 1. The summed E-state index contributed by atoms with van der Waals surface area (Å²) < 4.78 is 0. The molecule has 3 rings (SSSR count). The minimum absolute atomic E-state index is 0.114. The number of rotatable bonds is 2. The molecule has 0 aliphatic heterocycles. The number of aryl methyl sites for hydroxylation is 1. The van der Waals surface area contributed by atoms with E-state index in [1.165, 1.54) is 0 Å². The van der Waals surface area contributed by atoms with E-state index in [2.05, 4.69) is 16.0 Å². The van der Waals surface area contributed by atoms with Crippen LogP contribution in [0, 0.1) is 6.92 Å². The molecular formula is C14H12N2O2S. The van der Waals surface area contributed by atoms with Crippen LogP contribution in [0.3, 0.4) is 0 Å². The predicted molar refractivity (Wildman–Crippen MR) is 77.1 cm³/mol. The first-order valence-corrected chi connectivity index (χ1v) is 7.02. The van der Waals surface area contributed by atoms with Crippen molar-refractivity contribution in [2.24, 2.45) is 0 Å². The van der Waals surface area contributed by atoms with Gasteiger partial charge in [-0.2, -0.15) is 0 Å². The Kier molecular flexibility index (Phi) is 2.71. The van der Waals surface area contributed by atoms with Crippen molar-refractivity contribution in [3.63, 3.8) is 0 Å². The van der Waals surface area contributed by atoms with Gasteiger partial charge in [-0.05, 0) is 36.9 Å². The Bertz CT molecular complexity index is 808. The number of thioether (sulfide) groups is 1. The Morgan fingerprint density at radius 2 is 2.16 bits per heavy atom. The molecule has 0 aliphatic rings. The van der Waals surface area contributed by atoms with Crippen molar-refractivity contribution in [2.75, 3.05) is 6.26 Å². The summed E-state index contributed by atoms with van der Waals surface area (Å²) in [5.41, 5.74) is 2.69. The molecule has 0 radical (unpaired) electrons. The number of H-pyrrole nitrogens is 1. The van der Waals surface area contributed by atoms with E-state index in [9.17, 15) is 4.79 Å². The van der Waals surface area contributed by atoms with Crippen LogP contribution in [0.2, 0.25) is 0 Å². The number of nitrogens with zero attached hydrogens (tertiary/aromatic N) is 1. The molecular weight excluding hydrogens is 260 g/mol. The number of aromatic amines is 1. The molecule has 2 N–H and O–H groups in total. The van der Waals surface area contributed by atoms with Crippen molar-refractivity contribution < 1.29 is 9.90 Å². The molecule has 1 aromatic carbocycles. The average molecular weight is 272 g/mol. The molecule has 0 fully saturated rings. The maximum atomic E-state index is 11.2. The first kappa shape index (κ1) is 12.0. The third-order valence-corrected chi connectivity index (χ3v) is 4.02. The lowest BCUT2D eigenvalue weighted by Gasteiger charge is -2.02. The van der Waals surface area contributed by atoms with Gasteiger partial charge in [0.05, 0.1) is 11.7 Å². The number of carboxylic acids is 1. The lowest BCUT2D eigenvalue weighted by Crippen LogP contribution is -2.03. The Labute approximate surface area is 113 Å². The minimum Gasteiger partial charge on any atom is -0.477 e. The quantitative estimate of drug-likeness (QED) is 0.701. The van der Waals surface area contributed by atoms with E-state index in [1.807, 2.05) is 18.4 Å². The fourth-order valence-corrected chi connectivity index (χ4v) is 2.82. The second kappa shape index (κ2) is 4.28. The molecule has 19 heavy (non-hydrogen) atoms. The van der Waals surface area contributed by atoms with Gasteiger partial charge in [-0.25, -0.2) is 9.78 Å². The largest absolute Gasteiger partial charge is 0.477 e. The van der Waals surface area contributed by atoms with Crippen molar-refractivity contribution in [3.05, 3.63) is 35.7 Å². The van der Waals surface area contributed by atoms with Gasteiger partial charge in [0, 0.05) is 21.2 Å². The van der Waals surface area contributed by atoms with E-state index >= 15 is 0 Å². The highest BCUT2D eigenvalue weighted by atomic mass is 32.2. The molecule has 0 saturated heterocycles. The SMILES string of the molecule is CSc1ccc2[nH]c3cnc(C(=O)O)c(C)c3c2c1. The van der Waals surface area contributed by atoms with E-state index in [4.69, 9.17) is 5.11 Å². The summed E-state index contributed by atoms with van der Waals surface area (Å²) >= 11 is 1.67. The number of hydrogen-bond donors (Lipinski definition) is 2. The second-order valence-electron chi connectivity index (χ2n) is 4.36. The minimum atomic E-state index is -0.991. The number of aromatic nitrogens is 2. The van der Waals surface area contributed by atoms with Crippen LogP contribution in [-0.4, -0.2) is 27.3 Å². The zero-order chi connectivity index (χ0) is 13.6. The van der Waals surface area contributed by atoms with Gasteiger partial charge < -0.3 is 10.1 Å². The third-order valence-electron chi connectivity index (χ3n) is 3.29. The zero-order valence-corrected chi connectivity index (χ0v) is 11.3. The average Bonchev–Trinajstić information content (AvgIpc) is 2.76. The Morgan fingerprint density at radius 1 is 1.37 bits per heavy atom. The molecule has 5 heteroatoms. The highest BCUT2D eigenvalue weighted by molar-refractivity contribution is 7.98. The Morgan fingerprint density at radius 3 is 2.84 bits per heavy atom. The summed E-state index contributed by atoms with van der Waals surface area (Å²) in [6, 6.07) is 6.14. The first-order valence-electron chi connectivity index (χ1n) is 5.80. The van der Waals surface area contributed by atoms with E-state index in [0.29, 0.717) is 5.56 Å². The molecule has 2 heterocycles. The number of hydrogen-bond acceptors (Lipinski definition) is 3. The summed E-state index contributed by atoms with van der Waals surface area (Å²) in [7, 11) is 0. The molecule has 96 valence electrons. The van der Waals surface area contributed by atoms with E-state index < -0.39 is 5.97 Å². The summed E-state index contributed by atoms with van der Waals surface area (Å²) in [6.07, 6.45) is 3.61. The number of carbonyl (C=O) groups is 1. The van der Waals surface area contributed by atoms with Crippen LogP contribution in [0.25, 0.3) is 21.8 Å². The molecule has 0 unspecified atom stereocenters. The van der Waals surface area contributed by atoms with E-state index in [1.54, 1.807) is 24.9 Å². The lowest BCUT2D eigenvalue weighted by molar-refractivity contribution is 0.0690. The van der Waals surface area contributed by atoms with Crippen LogP contribution in [0.15, 0.2) is 29.3 Å². The Balaban J connectivity index is 2.45. The highest BCUT2D eigenvalue weighted by Gasteiger charge is 2.15. The molecule has 0 atom stereocenters. The number of nitrogens with one attached hydrogen (secondary N) is 1. The van der Waals surface area contributed by atoms with Gasteiger partial charge in [-0.1, -0.05) is 0 Å². The standard InChI is InChI=1S/C14H12N2O2S/c1-7-12-9-5-8(19-2)3-4-10(9)16-11(12)6-15-13(7)14(17)18/h3-6,16H,1-2H3,(H,17,18). The van der Waals surface area contributed by atoms with Gasteiger partial charge in [0.1, 0.15) is 0 Å². The fourth-order valence-electron chi connectivity index (χ4n) is 2.38. The van der Waals surface area contributed by atoms with Crippen molar-refractivity contribution in [1.82, 2.24) is 9.97 Å². The van der Waals surface area contributed by atoms with Gasteiger partial charge in [0.25, 0.3) is 0 Å². The number of carboxylic acid groups (broad SMARTS) is 1. The molecule has 0 saturated carbocycles. The summed E-state index contributed by atoms with van der Waals surface area (Å²) in [5.74, 6) is -0.991. The lowest BCUT2D eigenvalue weighted by atomic mass is 10.1. The summed E-state index contributed by atoms with van der Waals surface area (Å²) in [4.78, 5) is 19.6. The Hall–Kier alpha value is -2.01. The van der Waals surface area contributed by atoms with Gasteiger partial charge in [0.2, 0.25) is 0 Å². The van der Waals surface area contributed by atoms with Crippen LogP contribution in [0.4, 0.5) is 0 Å². The third kappa shape index (κ3) is 1.77. The van der Waals surface area contributed by atoms with Crippen molar-refractivity contribution in [2.45, 2.75) is 11.8 Å². The number of benzene rings is 1. The maximum Gasteiger partial charge on any atom is 0.354 e. The van der Waals surface area contributed by atoms with Gasteiger partial charge in [-0.3, -0.25) is 0 Å².